The lowest BCUT2D eigenvalue weighted by Gasteiger charge is -2.23. The molecule has 1 aromatic carbocycles. The van der Waals surface area contributed by atoms with E-state index in [0.29, 0.717) is 18.7 Å². The molecule has 2 aromatic rings. The molecule has 25 heavy (non-hydrogen) atoms. The third-order valence-electron chi connectivity index (χ3n) is 5.45. The Morgan fingerprint density at radius 1 is 1.32 bits per heavy atom. The maximum absolute atomic E-state index is 12.6. The summed E-state index contributed by atoms with van der Waals surface area (Å²) >= 11 is 0. The number of hydrogen-bond acceptors (Lipinski definition) is 3. The average Bonchev–Trinajstić information content (AvgIpc) is 3.30. The van der Waals surface area contributed by atoms with Crippen LogP contribution < -0.4 is 5.32 Å². The fourth-order valence-electron chi connectivity index (χ4n) is 4.14. The number of likely N-dealkylation sites (tertiary alicyclic amines) is 1. The topological polar surface area (TPSA) is 87.5 Å². The van der Waals surface area contributed by atoms with Gasteiger partial charge in [0.15, 0.2) is 0 Å². The van der Waals surface area contributed by atoms with E-state index in [0.717, 1.165) is 18.5 Å². The molecular formula is C18H20N4O3. The van der Waals surface area contributed by atoms with Crippen molar-refractivity contribution in [1.82, 2.24) is 14.7 Å². The van der Waals surface area contributed by atoms with E-state index < -0.39 is 11.4 Å². The van der Waals surface area contributed by atoms with E-state index in [1.807, 2.05) is 36.5 Å². The van der Waals surface area contributed by atoms with Gasteiger partial charge in [-0.25, -0.2) is 9.48 Å². The van der Waals surface area contributed by atoms with Crippen molar-refractivity contribution in [1.29, 1.82) is 0 Å². The average molecular weight is 340 g/mol. The Morgan fingerprint density at radius 3 is 2.92 bits per heavy atom. The van der Waals surface area contributed by atoms with Gasteiger partial charge in [-0.3, -0.25) is 4.79 Å². The second kappa shape index (κ2) is 5.91. The van der Waals surface area contributed by atoms with Gasteiger partial charge in [0.2, 0.25) is 0 Å². The summed E-state index contributed by atoms with van der Waals surface area (Å²) in [6.07, 6.45) is 5.99. The van der Waals surface area contributed by atoms with Gasteiger partial charge in [0.05, 0.1) is 11.1 Å². The Balaban J connectivity index is 1.48. The number of carbonyl (C=O) groups is 2. The summed E-state index contributed by atoms with van der Waals surface area (Å²) in [6, 6.07) is 9.00. The normalized spacial score (nSPS) is 25.0. The Kier molecular flexibility index (Phi) is 3.71. The zero-order valence-corrected chi connectivity index (χ0v) is 13.8. The predicted octanol–water partition coefficient (Wildman–Crippen LogP) is 2.59. The number of nitrogens with one attached hydrogen (secondary N) is 1. The third-order valence-corrected chi connectivity index (χ3v) is 5.45. The number of carbonyl (C=O) groups excluding carboxylic acids is 1. The van der Waals surface area contributed by atoms with Crippen LogP contribution in [0.4, 0.5) is 10.5 Å². The summed E-state index contributed by atoms with van der Waals surface area (Å²) in [5, 5.41) is 16.7. The molecule has 2 amide bonds. The molecule has 7 heteroatoms. The Hall–Kier alpha value is -2.83. The fraction of sp³-hybridized carbons (Fsp3) is 0.389. The van der Waals surface area contributed by atoms with Crippen molar-refractivity contribution in [3.63, 3.8) is 0 Å². The molecule has 0 radical (unpaired) electrons. The minimum atomic E-state index is -0.772. The van der Waals surface area contributed by atoms with Crippen LogP contribution in [0.3, 0.4) is 0 Å². The van der Waals surface area contributed by atoms with Gasteiger partial charge in [0, 0.05) is 31.2 Å². The van der Waals surface area contributed by atoms with Crippen molar-refractivity contribution >= 4 is 17.7 Å². The Bertz CT molecular complexity index is 804. The van der Waals surface area contributed by atoms with E-state index in [9.17, 15) is 14.7 Å². The van der Waals surface area contributed by atoms with Gasteiger partial charge in [-0.2, -0.15) is 5.10 Å². The van der Waals surface area contributed by atoms with Crippen molar-refractivity contribution in [3.8, 4) is 5.69 Å². The maximum Gasteiger partial charge on any atom is 0.321 e. The molecule has 2 atom stereocenters. The van der Waals surface area contributed by atoms with Crippen LogP contribution in [-0.4, -0.2) is 44.9 Å². The first-order valence-electron chi connectivity index (χ1n) is 8.48. The first-order valence-corrected chi connectivity index (χ1v) is 8.48. The van der Waals surface area contributed by atoms with Crippen LogP contribution in [0.2, 0.25) is 0 Å². The summed E-state index contributed by atoms with van der Waals surface area (Å²) in [5.41, 5.74) is 0.761. The lowest BCUT2D eigenvalue weighted by atomic mass is 9.81. The van der Waals surface area contributed by atoms with Crippen LogP contribution >= 0.6 is 0 Å². The number of urea groups is 1. The van der Waals surface area contributed by atoms with Crippen LogP contribution in [0, 0.1) is 11.3 Å². The minimum Gasteiger partial charge on any atom is -0.481 e. The molecular weight excluding hydrogens is 320 g/mol. The van der Waals surface area contributed by atoms with E-state index in [1.165, 1.54) is 0 Å². The number of anilines is 1. The summed E-state index contributed by atoms with van der Waals surface area (Å²) < 4.78 is 1.72. The molecule has 1 saturated heterocycles. The highest BCUT2D eigenvalue weighted by molar-refractivity contribution is 5.91. The smallest absolute Gasteiger partial charge is 0.321 e. The van der Waals surface area contributed by atoms with Gasteiger partial charge in [0.1, 0.15) is 0 Å². The molecule has 2 N–H and O–H groups in total. The molecule has 2 heterocycles. The van der Waals surface area contributed by atoms with Gasteiger partial charge in [0.25, 0.3) is 0 Å². The largest absolute Gasteiger partial charge is 0.481 e. The van der Waals surface area contributed by atoms with Gasteiger partial charge in [-0.15, -0.1) is 0 Å². The number of amides is 2. The molecule has 0 unspecified atom stereocenters. The number of aromatic nitrogens is 2. The van der Waals surface area contributed by atoms with Crippen LogP contribution in [0.1, 0.15) is 19.3 Å². The summed E-state index contributed by atoms with van der Waals surface area (Å²) in [4.78, 5) is 26.0. The van der Waals surface area contributed by atoms with Gasteiger partial charge >= 0.3 is 12.0 Å². The molecule has 1 aromatic heterocycles. The molecule has 2 fully saturated rings. The molecule has 2 aliphatic rings. The first-order chi connectivity index (χ1) is 12.1. The summed E-state index contributed by atoms with van der Waals surface area (Å²) in [5.74, 6) is -0.711. The van der Waals surface area contributed by atoms with E-state index in [-0.39, 0.29) is 18.5 Å². The van der Waals surface area contributed by atoms with Crippen molar-refractivity contribution in [3.05, 3.63) is 42.7 Å². The number of carboxylic acid groups (broad SMARTS) is 1. The van der Waals surface area contributed by atoms with Crippen LogP contribution in [0.15, 0.2) is 42.7 Å². The predicted molar refractivity (Wildman–Crippen MR) is 91.6 cm³/mol. The van der Waals surface area contributed by atoms with Crippen molar-refractivity contribution in [2.75, 3.05) is 18.4 Å². The van der Waals surface area contributed by atoms with E-state index in [1.54, 1.807) is 15.8 Å². The van der Waals surface area contributed by atoms with E-state index in [4.69, 9.17) is 0 Å². The second-order valence-electron chi connectivity index (χ2n) is 6.86. The quantitative estimate of drug-likeness (QED) is 0.899. The number of benzene rings is 1. The number of hydrogen-bond donors (Lipinski definition) is 2. The number of aliphatic carboxylic acids is 1. The highest BCUT2D eigenvalue weighted by Gasteiger charge is 2.55. The van der Waals surface area contributed by atoms with Crippen LogP contribution in [0.25, 0.3) is 5.69 Å². The van der Waals surface area contributed by atoms with Crippen molar-refractivity contribution < 1.29 is 14.7 Å². The third kappa shape index (κ3) is 2.65. The van der Waals surface area contributed by atoms with E-state index >= 15 is 0 Å². The number of nitrogens with zero attached hydrogens (tertiary/aromatic N) is 3. The second-order valence-corrected chi connectivity index (χ2v) is 6.86. The fourth-order valence-corrected chi connectivity index (χ4v) is 4.14. The molecule has 130 valence electrons. The number of carboxylic acids is 1. The van der Waals surface area contributed by atoms with E-state index in [2.05, 4.69) is 10.4 Å². The van der Waals surface area contributed by atoms with Crippen molar-refractivity contribution in [2.45, 2.75) is 19.3 Å². The van der Waals surface area contributed by atoms with Crippen LogP contribution in [0.5, 0.6) is 0 Å². The standard InChI is InChI=1S/C18H20N4O3/c23-16(24)18-7-2-4-13(18)11-21(12-18)17(25)20-14-5-1-6-15(10-14)22-9-3-8-19-22/h1,3,5-6,8-10,13H,2,4,7,11-12H2,(H,20,25)(H,23,24)/t13-,18+/m0/s1. The lowest BCUT2D eigenvalue weighted by Crippen LogP contribution is -2.38. The SMILES string of the molecule is O=C(Nc1cccc(-n2cccn2)c1)N1C[C@@H]2CCC[C@@]2(C(=O)O)C1. The molecule has 0 bridgehead atoms. The molecule has 1 aliphatic carbocycles. The zero-order chi connectivity index (χ0) is 17.4. The van der Waals surface area contributed by atoms with Gasteiger partial charge < -0.3 is 15.3 Å². The molecule has 1 aliphatic heterocycles. The number of fused-ring (bicyclic) bond motifs is 1. The summed E-state index contributed by atoms with van der Waals surface area (Å²) in [6.45, 7) is 0.800. The van der Waals surface area contributed by atoms with Gasteiger partial charge in [-0.1, -0.05) is 12.5 Å². The summed E-state index contributed by atoms with van der Waals surface area (Å²) in [7, 11) is 0. The lowest BCUT2D eigenvalue weighted by molar-refractivity contribution is -0.149. The molecule has 1 saturated carbocycles. The minimum absolute atomic E-state index is 0.0613. The monoisotopic (exact) mass is 340 g/mol. The molecule has 7 nitrogen and oxygen atoms in total. The Labute approximate surface area is 145 Å². The zero-order valence-electron chi connectivity index (χ0n) is 13.8. The molecule has 4 rings (SSSR count). The number of rotatable bonds is 3. The molecule has 0 spiro atoms. The maximum atomic E-state index is 12.6. The highest BCUT2D eigenvalue weighted by Crippen LogP contribution is 2.48. The first kappa shape index (κ1) is 15.7. The van der Waals surface area contributed by atoms with Crippen molar-refractivity contribution in [2.24, 2.45) is 11.3 Å². The van der Waals surface area contributed by atoms with Crippen LogP contribution in [-0.2, 0) is 4.79 Å². The Morgan fingerprint density at radius 2 is 2.20 bits per heavy atom. The highest BCUT2D eigenvalue weighted by atomic mass is 16.4. The van der Waals surface area contributed by atoms with Gasteiger partial charge in [-0.05, 0) is 43.0 Å².